The smallest absolute Gasteiger partial charge is 0.316 e. The van der Waals surface area contributed by atoms with Crippen LogP contribution in [0.5, 0.6) is 0 Å². The predicted molar refractivity (Wildman–Crippen MR) is 93.9 cm³/mol. The Morgan fingerprint density at radius 1 is 1.00 bits per heavy atom. The minimum absolute atomic E-state index is 0.0880. The van der Waals surface area contributed by atoms with Gasteiger partial charge in [-0.15, -0.1) is 0 Å². The third-order valence-electron chi connectivity index (χ3n) is 4.11. The molecule has 0 heterocycles. The Morgan fingerprint density at radius 3 is 2.09 bits per heavy atom. The number of ketones is 1. The number of unbranched alkanes of at least 4 members (excludes halogenated alkanes) is 2. The van der Waals surface area contributed by atoms with Gasteiger partial charge in [-0.2, -0.15) is 0 Å². The van der Waals surface area contributed by atoms with Crippen molar-refractivity contribution >= 4 is 11.8 Å². The SMILES string of the molecule is CCCCOC(=O)C(CCCC)C(=O)c1c(C)cc(C)cc1C. The molecule has 1 rings (SSSR count). The van der Waals surface area contributed by atoms with Gasteiger partial charge in [-0.05, 0) is 44.7 Å². The van der Waals surface area contributed by atoms with Crippen LogP contribution in [-0.2, 0) is 9.53 Å². The summed E-state index contributed by atoms with van der Waals surface area (Å²) in [7, 11) is 0. The Labute approximate surface area is 140 Å². The lowest BCUT2D eigenvalue weighted by atomic mass is 9.87. The topological polar surface area (TPSA) is 43.4 Å². The summed E-state index contributed by atoms with van der Waals surface area (Å²) in [6.07, 6.45) is 4.17. The highest BCUT2D eigenvalue weighted by Gasteiger charge is 2.30. The highest BCUT2D eigenvalue weighted by atomic mass is 16.5. The zero-order chi connectivity index (χ0) is 17.4. The molecule has 1 aromatic rings. The van der Waals surface area contributed by atoms with Gasteiger partial charge in [-0.1, -0.05) is 50.8 Å². The maximum Gasteiger partial charge on any atom is 0.316 e. The van der Waals surface area contributed by atoms with Crippen LogP contribution in [0.3, 0.4) is 0 Å². The van der Waals surface area contributed by atoms with Crippen molar-refractivity contribution in [2.45, 2.75) is 66.7 Å². The van der Waals surface area contributed by atoms with E-state index >= 15 is 0 Å². The van der Waals surface area contributed by atoms with Crippen molar-refractivity contribution in [1.82, 2.24) is 0 Å². The van der Waals surface area contributed by atoms with Crippen molar-refractivity contribution in [2.75, 3.05) is 6.61 Å². The van der Waals surface area contributed by atoms with Crippen molar-refractivity contribution < 1.29 is 14.3 Å². The van der Waals surface area contributed by atoms with Gasteiger partial charge in [0.1, 0.15) is 5.92 Å². The zero-order valence-electron chi connectivity index (χ0n) is 15.2. The van der Waals surface area contributed by atoms with Gasteiger partial charge >= 0.3 is 5.97 Å². The summed E-state index contributed by atoms with van der Waals surface area (Å²) in [6, 6.07) is 4.00. The molecule has 23 heavy (non-hydrogen) atoms. The second-order valence-electron chi connectivity index (χ2n) is 6.35. The van der Waals surface area contributed by atoms with Crippen LogP contribution in [0.15, 0.2) is 12.1 Å². The number of esters is 1. The molecule has 0 bridgehead atoms. The molecule has 0 aliphatic heterocycles. The Morgan fingerprint density at radius 2 is 1.57 bits per heavy atom. The standard InChI is InChI=1S/C20H30O3/c1-6-8-10-17(20(22)23-11-9-7-2)19(21)18-15(4)12-14(3)13-16(18)5/h12-13,17H,6-11H2,1-5H3. The van der Waals surface area contributed by atoms with E-state index in [1.807, 2.05) is 39.8 Å². The molecule has 128 valence electrons. The summed E-state index contributed by atoms with van der Waals surface area (Å²) in [4.78, 5) is 25.4. The van der Waals surface area contributed by atoms with Crippen molar-refractivity contribution in [3.8, 4) is 0 Å². The molecule has 1 unspecified atom stereocenters. The van der Waals surface area contributed by atoms with E-state index in [1.54, 1.807) is 0 Å². The summed E-state index contributed by atoms with van der Waals surface area (Å²) < 4.78 is 5.33. The molecular weight excluding hydrogens is 288 g/mol. The molecule has 0 spiro atoms. The quantitative estimate of drug-likeness (QED) is 0.280. The number of Topliss-reactive ketones (excluding diaryl/α,β-unsaturated/α-hetero) is 1. The van der Waals surface area contributed by atoms with E-state index in [4.69, 9.17) is 4.74 Å². The average Bonchev–Trinajstić information content (AvgIpc) is 2.46. The largest absolute Gasteiger partial charge is 0.465 e. The van der Waals surface area contributed by atoms with Crippen molar-refractivity contribution in [2.24, 2.45) is 5.92 Å². The molecule has 3 nitrogen and oxygen atoms in total. The van der Waals surface area contributed by atoms with Gasteiger partial charge in [-0.25, -0.2) is 0 Å². The van der Waals surface area contributed by atoms with E-state index < -0.39 is 5.92 Å². The zero-order valence-corrected chi connectivity index (χ0v) is 15.2. The maximum absolute atomic E-state index is 13.0. The van der Waals surface area contributed by atoms with Crippen LogP contribution in [-0.4, -0.2) is 18.4 Å². The van der Waals surface area contributed by atoms with E-state index in [-0.39, 0.29) is 11.8 Å². The second kappa shape index (κ2) is 9.49. The number of carbonyl (C=O) groups is 2. The fourth-order valence-electron chi connectivity index (χ4n) is 2.92. The van der Waals surface area contributed by atoms with E-state index in [1.165, 1.54) is 0 Å². The predicted octanol–water partition coefficient (Wildman–Crippen LogP) is 4.94. The first kappa shape index (κ1) is 19.4. The molecule has 0 amide bonds. The Kier molecular flexibility index (Phi) is 8.01. The van der Waals surface area contributed by atoms with Crippen LogP contribution in [0.1, 0.15) is 73.0 Å². The number of carbonyl (C=O) groups excluding carboxylic acids is 2. The third kappa shape index (κ3) is 5.49. The van der Waals surface area contributed by atoms with Crippen molar-refractivity contribution in [1.29, 1.82) is 0 Å². The minimum atomic E-state index is -0.674. The van der Waals surface area contributed by atoms with E-state index in [9.17, 15) is 9.59 Å². The molecule has 3 heteroatoms. The molecule has 0 aromatic heterocycles. The Bertz CT molecular complexity index is 523. The van der Waals surface area contributed by atoms with Crippen molar-refractivity contribution in [3.63, 3.8) is 0 Å². The normalized spacial score (nSPS) is 12.0. The van der Waals surface area contributed by atoms with Gasteiger partial charge in [-0.3, -0.25) is 9.59 Å². The van der Waals surface area contributed by atoms with Gasteiger partial charge in [0.25, 0.3) is 0 Å². The number of rotatable bonds is 9. The van der Waals surface area contributed by atoms with Crippen LogP contribution in [0.4, 0.5) is 0 Å². The first-order valence-electron chi connectivity index (χ1n) is 8.71. The number of aryl methyl sites for hydroxylation is 3. The average molecular weight is 318 g/mol. The Balaban J connectivity index is 3.02. The summed E-state index contributed by atoms with van der Waals surface area (Å²) in [6.45, 7) is 10.4. The van der Waals surface area contributed by atoms with E-state index in [0.29, 0.717) is 18.6 Å². The number of ether oxygens (including phenoxy) is 1. The molecule has 0 aliphatic rings. The molecule has 0 saturated carbocycles. The van der Waals surface area contributed by atoms with Crippen LogP contribution in [0.25, 0.3) is 0 Å². The summed E-state index contributed by atoms with van der Waals surface area (Å²) in [5, 5.41) is 0. The number of benzene rings is 1. The molecule has 1 atom stereocenters. The lowest BCUT2D eigenvalue weighted by Gasteiger charge is -2.18. The monoisotopic (exact) mass is 318 g/mol. The van der Waals surface area contributed by atoms with Crippen LogP contribution < -0.4 is 0 Å². The Hall–Kier alpha value is -1.64. The number of hydrogen-bond acceptors (Lipinski definition) is 3. The summed E-state index contributed by atoms with van der Waals surface area (Å²) >= 11 is 0. The van der Waals surface area contributed by atoms with Gasteiger partial charge in [0, 0.05) is 5.56 Å². The van der Waals surface area contributed by atoms with Crippen molar-refractivity contribution in [3.05, 3.63) is 34.4 Å². The van der Waals surface area contributed by atoms with E-state index in [2.05, 4.69) is 6.92 Å². The molecule has 0 radical (unpaired) electrons. The lowest BCUT2D eigenvalue weighted by Crippen LogP contribution is -2.28. The van der Waals surface area contributed by atoms with Crippen LogP contribution in [0.2, 0.25) is 0 Å². The third-order valence-corrected chi connectivity index (χ3v) is 4.11. The molecule has 0 aliphatic carbocycles. The first-order valence-corrected chi connectivity index (χ1v) is 8.71. The maximum atomic E-state index is 13.0. The number of hydrogen-bond donors (Lipinski definition) is 0. The van der Waals surface area contributed by atoms with Crippen LogP contribution in [0, 0.1) is 26.7 Å². The highest BCUT2D eigenvalue weighted by Crippen LogP contribution is 2.24. The summed E-state index contributed by atoms with van der Waals surface area (Å²) in [5.41, 5.74) is 3.70. The van der Waals surface area contributed by atoms with E-state index in [0.717, 1.165) is 42.4 Å². The molecule has 1 aromatic carbocycles. The fourth-order valence-corrected chi connectivity index (χ4v) is 2.92. The summed E-state index contributed by atoms with van der Waals surface area (Å²) in [5.74, 6) is -1.13. The van der Waals surface area contributed by atoms with Gasteiger partial charge in [0.2, 0.25) is 0 Å². The van der Waals surface area contributed by atoms with Crippen LogP contribution >= 0.6 is 0 Å². The second-order valence-corrected chi connectivity index (χ2v) is 6.35. The highest BCUT2D eigenvalue weighted by molar-refractivity contribution is 6.10. The molecule has 0 saturated heterocycles. The van der Waals surface area contributed by atoms with Gasteiger partial charge in [0.05, 0.1) is 6.61 Å². The van der Waals surface area contributed by atoms with Gasteiger partial charge < -0.3 is 4.74 Å². The fraction of sp³-hybridized carbons (Fsp3) is 0.600. The molecule has 0 fully saturated rings. The first-order chi connectivity index (χ1) is 10.9. The lowest BCUT2D eigenvalue weighted by molar-refractivity contribution is -0.147. The minimum Gasteiger partial charge on any atom is -0.465 e. The molecular formula is C20H30O3. The molecule has 0 N–H and O–H groups in total. The van der Waals surface area contributed by atoms with Gasteiger partial charge in [0.15, 0.2) is 5.78 Å².